The van der Waals surface area contributed by atoms with Crippen molar-refractivity contribution in [2.24, 2.45) is 5.73 Å². The van der Waals surface area contributed by atoms with Crippen molar-refractivity contribution in [2.45, 2.75) is 50.6 Å². The molecule has 0 spiro atoms. The number of aliphatic carboxylic acids is 1. The number of hydrogen-bond acceptors (Lipinski definition) is 5. The third-order valence-corrected chi connectivity index (χ3v) is 7.48. The highest BCUT2D eigenvalue weighted by atomic mass is 19.2. The number of carbonyl (C=O) groups excluding carboxylic acids is 2. The second-order valence-electron chi connectivity index (χ2n) is 9.66. The number of amides is 2. The van der Waals surface area contributed by atoms with Crippen LogP contribution in [0.25, 0.3) is 0 Å². The summed E-state index contributed by atoms with van der Waals surface area (Å²) in [6.07, 6.45) is 0.0491. The van der Waals surface area contributed by atoms with Crippen molar-refractivity contribution in [1.82, 2.24) is 9.80 Å². The van der Waals surface area contributed by atoms with E-state index in [-0.39, 0.29) is 35.6 Å². The lowest BCUT2D eigenvalue weighted by molar-refractivity contribution is -0.139. The molecule has 2 atom stereocenters. The van der Waals surface area contributed by atoms with Crippen LogP contribution in [0.3, 0.4) is 0 Å². The molecule has 8 nitrogen and oxygen atoms in total. The van der Waals surface area contributed by atoms with Gasteiger partial charge in [-0.15, -0.1) is 0 Å². The summed E-state index contributed by atoms with van der Waals surface area (Å²) < 4.78 is 27.4. The molecule has 0 saturated carbocycles. The average molecular weight is 523 g/mol. The molecular weight excluding hydrogens is 494 g/mol. The Morgan fingerprint density at radius 3 is 2.45 bits per heavy atom. The molecule has 2 aliphatic rings. The summed E-state index contributed by atoms with van der Waals surface area (Å²) in [5, 5.41) is 19.5. The van der Waals surface area contributed by atoms with Gasteiger partial charge in [0.1, 0.15) is 0 Å². The number of benzene rings is 2. The number of hydrogen-bond donors (Lipinski definition) is 2. The maximum absolute atomic E-state index is 13.9. The van der Waals surface area contributed by atoms with Gasteiger partial charge in [0.05, 0.1) is 29.8 Å². The second-order valence-corrected chi connectivity index (χ2v) is 9.66. The van der Waals surface area contributed by atoms with Gasteiger partial charge >= 0.3 is 5.97 Å². The van der Waals surface area contributed by atoms with Crippen LogP contribution in [-0.4, -0.2) is 51.9 Å². The summed E-state index contributed by atoms with van der Waals surface area (Å²) in [5.41, 5.74) is 7.30. The Morgan fingerprint density at radius 1 is 1.16 bits per heavy atom. The monoisotopic (exact) mass is 522 g/mol. The molecule has 1 saturated heterocycles. The summed E-state index contributed by atoms with van der Waals surface area (Å²) >= 11 is 0. The van der Waals surface area contributed by atoms with E-state index in [0.29, 0.717) is 31.5 Å². The molecule has 2 amide bonds. The maximum Gasteiger partial charge on any atom is 0.333 e. The fraction of sp³-hybridized carbons (Fsp3) is 0.357. The molecule has 3 N–H and O–H groups in total. The Kier molecular flexibility index (Phi) is 7.88. The van der Waals surface area contributed by atoms with Gasteiger partial charge in [-0.25, -0.2) is 13.6 Å². The third-order valence-electron chi connectivity index (χ3n) is 7.48. The molecule has 10 heteroatoms. The van der Waals surface area contributed by atoms with E-state index in [0.717, 1.165) is 17.7 Å². The molecule has 2 unspecified atom stereocenters. The number of carbonyl (C=O) groups is 3. The normalized spacial score (nSPS) is 19.8. The third kappa shape index (κ3) is 5.29. The number of rotatable bonds is 7. The predicted molar refractivity (Wildman–Crippen MR) is 133 cm³/mol. The molecule has 0 aromatic heterocycles. The molecule has 0 aliphatic carbocycles. The molecule has 198 valence electrons. The van der Waals surface area contributed by atoms with Gasteiger partial charge in [0.15, 0.2) is 11.6 Å². The predicted octanol–water partition coefficient (Wildman–Crippen LogP) is 3.59. The van der Waals surface area contributed by atoms with Crippen LogP contribution in [0, 0.1) is 23.0 Å². The fourth-order valence-electron chi connectivity index (χ4n) is 5.68. The summed E-state index contributed by atoms with van der Waals surface area (Å²) in [4.78, 5) is 41.1. The first-order valence-corrected chi connectivity index (χ1v) is 12.3. The number of carboxylic acid groups (broad SMARTS) is 1. The van der Waals surface area contributed by atoms with E-state index in [9.17, 15) is 33.5 Å². The van der Waals surface area contributed by atoms with Crippen LogP contribution in [0.15, 0.2) is 53.7 Å². The molecule has 2 heterocycles. The lowest BCUT2D eigenvalue weighted by atomic mass is 9.83. The van der Waals surface area contributed by atoms with Gasteiger partial charge < -0.3 is 10.8 Å². The standard InChI is InChI=1S/C28H28F2N4O4/c1-16-27(28(37)38)21(18-6-7-22(29)23(30)12-18)13-26(36)34(16)25(14-24(32)35)33-10-8-17(9-11-33)20-5-3-2-4-19(20)15-31/h2-7,12,17,21,25H,8-11,13-14H2,1H3,(H2,32,35)(H,37,38). The Labute approximate surface area is 218 Å². The lowest BCUT2D eigenvalue weighted by Gasteiger charge is -2.45. The smallest absolute Gasteiger partial charge is 0.333 e. The molecule has 1 fully saturated rings. The van der Waals surface area contributed by atoms with Crippen LogP contribution in [-0.2, 0) is 14.4 Å². The van der Waals surface area contributed by atoms with Crippen LogP contribution in [0.2, 0.25) is 0 Å². The van der Waals surface area contributed by atoms with Crippen LogP contribution in [0.4, 0.5) is 8.78 Å². The largest absolute Gasteiger partial charge is 0.478 e. The Balaban J connectivity index is 1.65. The quantitative estimate of drug-likeness (QED) is 0.572. The van der Waals surface area contributed by atoms with Gasteiger partial charge in [-0.2, -0.15) is 5.26 Å². The van der Waals surface area contributed by atoms with E-state index in [1.807, 2.05) is 23.1 Å². The summed E-state index contributed by atoms with van der Waals surface area (Å²) in [6.45, 7) is 2.47. The molecule has 2 aromatic rings. The molecule has 0 radical (unpaired) electrons. The molecule has 4 rings (SSSR count). The topological polar surface area (TPSA) is 128 Å². The number of nitrogens with two attached hydrogens (primary N) is 1. The second kappa shape index (κ2) is 11.1. The van der Waals surface area contributed by atoms with Crippen molar-refractivity contribution >= 4 is 17.8 Å². The van der Waals surface area contributed by atoms with Crippen LogP contribution >= 0.6 is 0 Å². The van der Waals surface area contributed by atoms with Crippen LogP contribution < -0.4 is 5.73 Å². The molecule has 38 heavy (non-hydrogen) atoms. The Bertz CT molecular complexity index is 1340. The number of likely N-dealkylation sites (tertiary alicyclic amines) is 1. The van der Waals surface area contributed by atoms with Gasteiger partial charge in [0, 0.05) is 31.1 Å². The van der Waals surface area contributed by atoms with Crippen LogP contribution in [0.5, 0.6) is 0 Å². The van der Waals surface area contributed by atoms with Crippen molar-refractivity contribution in [3.05, 3.63) is 82.1 Å². The van der Waals surface area contributed by atoms with Gasteiger partial charge in [-0.3, -0.25) is 19.4 Å². The van der Waals surface area contributed by atoms with Crippen molar-refractivity contribution in [1.29, 1.82) is 5.26 Å². The highest BCUT2D eigenvalue weighted by molar-refractivity contribution is 5.95. The molecular formula is C28H28F2N4O4. The first-order chi connectivity index (χ1) is 18.1. The van der Waals surface area contributed by atoms with Crippen molar-refractivity contribution in [3.8, 4) is 6.07 Å². The first-order valence-electron chi connectivity index (χ1n) is 12.3. The number of piperidine rings is 1. The van der Waals surface area contributed by atoms with Gasteiger partial charge in [-0.1, -0.05) is 24.3 Å². The molecule has 0 bridgehead atoms. The SMILES string of the molecule is CC1=C(C(=O)O)C(c2ccc(F)c(F)c2)CC(=O)N1C(CC(N)=O)N1CCC(c2ccccc2C#N)CC1. The van der Waals surface area contributed by atoms with E-state index in [4.69, 9.17) is 5.73 Å². The van der Waals surface area contributed by atoms with E-state index in [2.05, 4.69) is 6.07 Å². The minimum absolute atomic E-state index is 0.122. The maximum atomic E-state index is 13.9. The number of halogens is 2. The van der Waals surface area contributed by atoms with E-state index >= 15 is 0 Å². The minimum atomic E-state index is -1.29. The van der Waals surface area contributed by atoms with Crippen LogP contribution in [0.1, 0.15) is 61.1 Å². The van der Waals surface area contributed by atoms with E-state index in [1.54, 1.807) is 6.07 Å². The highest BCUT2D eigenvalue weighted by Gasteiger charge is 2.42. The van der Waals surface area contributed by atoms with Crippen molar-refractivity contribution in [3.63, 3.8) is 0 Å². The number of primary amides is 1. The van der Waals surface area contributed by atoms with Crippen molar-refractivity contribution in [2.75, 3.05) is 13.1 Å². The van der Waals surface area contributed by atoms with E-state index in [1.165, 1.54) is 17.9 Å². The van der Waals surface area contributed by atoms with Crippen molar-refractivity contribution < 1.29 is 28.3 Å². The van der Waals surface area contributed by atoms with Gasteiger partial charge in [0.25, 0.3) is 0 Å². The summed E-state index contributed by atoms with van der Waals surface area (Å²) in [5.74, 6) is -5.44. The average Bonchev–Trinajstić information content (AvgIpc) is 2.89. The molecule has 2 aliphatic heterocycles. The number of carboxylic acids is 1. The number of nitriles is 1. The number of nitrogens with zero attached hydrogens (tertiary/aromatic N) is 3. The Morgan fingerprint density at radius 2 is 1.84 bits per heavy atom. The lowest BCUT2D eigenvalue weighted by Crippen LogP contribution is -2.55. The van der Waals surface area contributed by atoms with Gasteiger partial charge in [-0.05, 0) is 55.0 Å². The zero-order valence-electron chi connectivity index (χ0n) is 20.9. The first kappa shape index (κ1) is 26.9. The zero-order valence-corrected chi connectivity index (χ0v) is 20.9. The summed E-state index contributed by atoms with van der Waals surface area (Å²) in [6, 6.07) is 12.7. The summed E-state index contributed by atoms with van der Waals surface area (Å²) in [7, 11) is 0. The van der Waals surface area contributed by atoms with Gasteiger partial charge in [0.2, 0.25) is 11.8 Å². The fourth-order valence-corrected chi connectivity index (χ4v) is 5.68. The number of allylic oxidation sites excluding steroid dienone is 1. The minimum Gasteiger partial charge on any atom is -0.478 e. The van der Waals surface area contributed by atoms with E-state index < -0.39 is 41.5 Å². The Hall–Kier alpha value is -4.10. The highest BCUT2D eigenvalue weighted by Crippen LogP contribution is 2.40. The molecule has 2 aromatic carbocycles. The zero-order chi connectivity index (χ0) is 27.6.